The van der Waals surface area contributed by atoms with Crippen LogP contribution in [-0.4, -0.2) is 9.78 Å². The molecule has 1 heterocycles. The highest BCUT2D eigenvalue weighted by molar-refractivity contribution is 6.30. The van der Waals surface area contributed by atoms with Gasteiger partial charge in [-0.15, -0.1) is 0 Å². The zero-order valence-electron chi connectivity index (χ0n) is 11.6. The Labute approximate surface area is 135 Å². The second-order valence-electron chi connectivity index (χ2n) is 4.74. The molecule has 0 bridgehead atoms. The number of hydrogen-bond donors (Lipinski definition) is 1. The number of hydrogen-bond acceptors (Lipinski definition) is 3. The van der Waals surface area contributed by atoms with Crippen LogP contribution >= 0.6 is 11.6 Å². The minimum Gasteiger partial charge on any atom is -0.382 e. The lowest BCUT2D eigenvalue weighted by Gasteiger charge is -2.04. The molecule has 114 valence electrons. The minimum absolute atomic E-state index is 0.00423. The molecule has 1 aromatic heterocycles. The van der Waals surface area contributed by atoms with Crippen molar-refractivity contribution in [1.29, 1.82) is 5.26 Å². The molecule has 2 aromatic carbocycles. The average molecular weight is 331 g/mol. The van der Waals surface area contributed by atoms with Crippen molar-refractivity contribution in [2.24, 2.45) is 0 Å². The van der Waals surface area contributed by atoms with E-state index in [1.165, 1.54) is 10.7 Å². The van der Waals surface area contributed by atoms with Gasteiger partial charge in [0.05, 0.1) is 5.69 Å². The number of benzene rings is 2. The Kier molecular flexibility index (Phi) is 3.72. The van der Waals surface area contributed by atoms with Crippen molar-refractivity contribution in [2.45, 2.75) is 0 Å². The molecular formula is C16H9ClF2N4. The van der Waals surface area contributed by atoms with E-state index in [9.17, 15) is 14.0 Å². The van der Waals surface area contributed by atoms with Gasteiger partial charge in [0.15, 0.2) is 0 Å². The van der Waals surface area contributed by atoms with Crippen LogP contribution in [0.5, 0.6) is 0 Å². The summed E-state index contributed by atoms with van der Waals surface area (Å²) >= 11 is 5.94. The van der Waals surface area contributed by atoms with Crippen LogP contribution < -0.4 is 5.73 Å². The highest BCUT2D eigenvalue weighted by Gasteiger charge is 2.20. The van der Waals surface area contributed by atoms with Crippen molar-refractivity contribution in [3.05, 3.63) is 64.7 Å². The first-order valence-corrected chi connectivity index (χ1v) is 6.89. The topological polar surface area (TPSA) is 67.6 Å². The van der Waals surface area contributed by atoms with E-state index in [1.807, 2.05) is 6.07 Å². The highest BCUT2D eigenvalue weighted by Crippen LogP contribution is 2.31. The molecule has 7 heteroatoms. The molecule has 0 saturated carbocycles. The Bertz CT molecular complexity index is 944. The predicted molar refractivity (Wildman–Crippen MR) is 83.1 cm³/mol. The van der Waals surface area contributed by atoms with Crippen LogP contribution in [0.25, 0.3) is 16.9 Å². The Morgan fingerprint density at radius 3 is 2.61 bits per heavy atom. The summed E-state index contributed by atoms with van der Waals surface area (Å²) in [6, 6.07) is 11.6. The monoisotopic (exact) mass is 330 g/mol. The first kappa shape index (κ1) is 15.0. The van der Waals surface area contributed by atoms with Crippen LogP contribution in [0.1, 0.15) is 5.56 Å². The van der Waals surface area contributed by atoms with E-state index >= 15 is 0 Å². The van der Waals surface area contributed by atoms with Crippen molar-refractivity contribution < 1.29 is 8.78 Å². The minimum atomic E-state index is -0.822. The van der Waals surface area contributed by atoms with Gasteiger partial charge in [-0.1, -0.05) is 17.7 Å². The smallest absolute Gasteiger partial charge is 0.145 e. The number of nitriles is 1. The molecule has 0 fully saturated rings. The number of nitrogens with two attached hydrogens (primary N) is 1. The standard InChI is InChI=1S/C16H9ClF2N4/c17-9-2-1-3-11(6-9)23-16(21)13(8-20)15(22-23)12-5-4-10(18)7-14(12)19/h1-7H,21H2. The lowest BCUT2D eigenvalue weighted by atomic mass is 10.1. The molecular weight excluding hydrogens is 322 g/mol. The van der Waals surface area contributed by atoms with Gasteiger partial charge in [-0.2, -0.15) is 10.4 Å². The summed E-state index contributed by atoms with van der Waals surface area (Å²) in [5.41, 5.74) is 6.53. The maximum absolute atomic E-state index is 14.0. The summed E-state index contributed by atoms with van der Waals surface area (Å²) in [5.74, 6) is -1.49. The molecule has 0 spiro atoms. The third-order valence-corrected chi connectivity index (χ3v) is 3.51. The quantitative estimate of drug-likeness (QED) is 0.774. The van der Waals surface area contributed by atoms with Gasteiger partial charge in [0.25, 0.3) is 0 Å². The SMILES string of the molecule is N#Cc1c(-c2ccc(F)cc2F)nn(-c2cccc(Cl)c2)c1N. The van der Waals surface area contributed by atoms with Crippen LogP contribution in [-0.2, 0) is 0 Å². The summed E-state index contributed by atoms with van der Waals surface area (Å²) in [6.07, 6.45) is 0. The average Bonchev–Trinajstić information content (AvgIpc) is 2.84. The van der Waals surface area contributed by atoms with Gasteiger partial charge >= 0.3 is 0 Å². The van der Waals surface area contributed by atoms with Gasteiger partial charge in [-0.3, -0.25) is 0 Å². The lowest BCUT2D eigenvalue weighted by molar-refractivity contribution is 0.585. The zero-order valence-corrected chi connectivity index (χ0v) is 12.4. The fraction of sp³-hybridized carbons (Fsp3) is 0. The first-order valence-electron chi connectivity index (χ1n) is 6.51. The number of anilines is 1. The largest absolute Gasteiger partial charge is 0.382 e. The van der Waals surface area contributed by atoms with Crippen LogP contribution in [0.2, 0.25) is 5.02 Å². The first-order chi connectivity index (χ1) is 11.0. The fourth-order valence-corrected chi connectivity index (χ4v) is 2.40. The fourth-order valence-electron chi connectivity index (χ4n) is 2.22. The van der Waals surface area contributed by atoms with Crippen LogP contribution in [0.3, 0.4) is 0 Å². The number of aromatic nitrogens is 2. The van der Waals surface area contributed by atoms with Crippen LogP contribution in [0.4, 0.5) is 14.6 Å². The summed E-state index contributed by atoms with van der Waals surface area (Å²) in [6.45, 7) is 0. The molecule has 0 saturated heterocycles. The maximum atomic E-state index is 14.0. The number of nitrogen functional groups attached to an aromatic ring is 1. The number of nitrogens with zero attached hydrogens (tertiary/aromatic N) is 3. The summed E-state index contributed by atoms with van der Waals surface area (Å²) in [5, 5.41) is 14.0. The maximum Gasteiger partial charge on any atom is 0.145 e. The molecule has 4 nitrogen and oxygen atoms in total. The van der Waals surface area contributed by atoms with Gasteiger partial charge in [0.2, 0.25) is 0 Å². The summed E-state index contributed by atoms with van der Waals surface area (Å²) in [4.78, 5) is 0. The molecule has 0 amide bonds. The molecule has 0 radical (unpaired) electrons. The molecule has 23 heavy (non-hydrogen) atoms. The normalized spacial score (nSPS) is 10.5. The zero-order chi connectivity index (χ0) is 16.6. The van der Waals surface area contributed by atoms with Crippen molar-refractivity contribution in [3.63, 3.8) is 0 Å². The second-order valence-corrected chi connectivity index (χ2v) is 5.17. The van der Waals surface area contributed by atoms with Crippen LogP contribution in [0.15, 0.2) is 42.5 Å². The lowest BCUT2D eigenvalue weighted by Crippen LogP contribution is -2.02. The Morgan fingerprint density at radius 1 is 1.17 bits per heavy atom. The second kappa shape index (κ2) is 5.71. The van der Waals surface area contributed by atoms with E-state index in [-0.39, 0.29) is 22.6 Å². The van der Waals surface area contributed by atoms with E-state index in [2.05, 4.69) is 5.10 Å². The molecule has 0 aliphatic carbocycles. The van der Waals surface area contributed by atoms with Crippen molar-refractivity contribution in [2.75, 3.05) is 5.73 Å². The third-order valence-electron chi connectivity index (χ3n) is 3.27. The molecule has 0 atom stereocenters. The Morgan fingerprint density at radius 2 is 1.96 bits per heavy atom. The van der Waals surface area contributed by atoms with E-state index in [1.54, 1.807) is 24.3 Å². The molecule has 0 aliphatic heterocycles. The Balaban J connectivity index is 2.24. The van der Waals surface area contributed by atoms with Crippen LogP contribution in [0, 0.1) is 23.0 Å². The van der Waals surface area contributed by atoms with Gasteiger partial charge in [-0.05, 0) is 30.3 Å². The third kappa shape index (κ3) is 2.62. The summed E-state index contributed by atoms with van der Waals surface area (Å²) in [7, 11) is 0. The van der Waals surface area contributed by atoms with Gasteiger partial charge in [0.1, 0.15) is 34.8 Å². The van der Waals surface area contributed by atoms with E-state index in [0.29, 0.717) is 10.7 Å². The number of halogens is 3. The van der Waals surface area contributed by atoms with Crippen molar-refractivity contribution >= 4 is 17.4 Å². The Hall–Kier alpha value is -2.91. The highest BCUT2D eigenvalue weighted by atomic mass is 35.5. The van der Waals surface area contributed by atoms with E-state index < -0.39 is 11.6 Å². The number of rotatable bonds is 2. The van der Waals surface area contributed by atoms with Gasteiger partial charge in [0, 0.05) is 16.7 Å². The van der Waals surface area contributed by atoms with E-state index in [0.717, 1.165) is 12.1 Å². The molecule has 0 aliphatic rings. The van der Waals surface area contributed by atoms with Gasteiger partial charge in [-0.25, -0.2) is 13.5 Å². The van der Waals surface area contributed by atoms with Gasteiger partial charge < -0.3 is 5.73 Å². The molecule has 3 aromatic rings. The molecule has 3 rings (SSSR count). The van der Waals surface area contributed by atoms with Crippen molar-refractivity contribution in [3.8, 4) is 23.0 Å². The molecule has 0 unspecified atom stereocenters. The summed E-state index contributed by atoms with van der Waals surface area (Å²) < 4.78 is 28.4. The predicted octanol–water partition coefficient (Wildman–Crippen LogP) is 3.92. The van der Waals surface area contributed by atoms with Crippen molar-refractivity contribution in [1.82, 2.24) is 9.78 Å². The molecule has 2 N–H and O–H groups in total. The van der Waals surface area contributed by atoms with E-state index in [4.69, 9.17) is 17.3 Å².